The minimum Gasteiger partial charge on any atom is -0.508 e. The zero-order valence-electron chi connectivity index (χ0n) is 6.12. The Hall–Kier alpha value is -1.44. The molecule has 11 heavy (non-hydrogen) atoms. The first kappa shape index (κ1) is 7.66. The third-order valence-corrected chi connectivity index (χ3v) is 1.43. The molecule has 0 aromatic heterocycles. The van der Waals surface area contributed by atoms with Crippen molar-refractivity contribution < 1.29 is 10.2 Å². The van der Waals surface area contributed by atoms with Gasteiger partial charge < -0.3 is 10.2 Å². The third-order valence-electron chi connectivity index (χ3n) is 1.43. The minimum absolute atomic E-state index is 0.0790. The maximum Gasteiger partial charge on any atom is 0.122 e. The van der Waals surface area contributed by atoms with Crippen molar-refractivity contribution in [3.05, 3.63) is 36.4 Å². The van der Waals surface area contributed by atoms with Crippen LogP contribution in [0, 0.1) is 0 Å². The second kappa shape index (κ2) is 3.10. The van der Waals surface area contributed by atoms with Gasteiger partial charge in [-0.1, -0.05) is 12.1 Å². The Labute approximate surface area is 65.4 Å². The molecule has 58 valence electrons. The highest BCUT2D eigenvalue weighted by atomic mass is 16.3. The maximum atomic E-state index is 9.21. The largest absolute Gasteiger partial charge is 0.508 e. The Kier molecular flexibility index (Phi) is 2.16. The van der Waals surface area contributed by atoms with E-state index in [9.17, 15) is 5.11 Å². The summed E-state index contributed by atoms with van der Waals surface area (Å²) in [5.41, 5.74) is 0.776. The monoisotopic (exact) mass is 150 g/mol. The summed E-state index contributed by atoms with van der Waals surface area (Å²) in [5.74, 6) is 0.195. The molecule has 0 aliphatic carbocycles. The van der Waals surface area contributed by atoms with E-state index < -0.39 is 0 Å². The van der Waals surface area contributed by atoms with Crippen molar-refractivity contribution in [2.45, 2.75) is 6.42 Å². The number of allylic oxidation sites excluding steroid dienone is 1. The predicted molar refractivity (Wildman–Crippen MR) is 43.7 cm³/mol. The van der Waals surface area contributed by atoms with Crippen LogP contribution in [0.5, 0.6) is 11.5 Å². The zero-order valence-corrected chi connectivity index (χ0v) is 6.12. The summed E-state index contributed by atoms with van der Waals surface area (Å²) in [6, 6.07) is 4.53. The van der Waals surface area contributed by atoms with Crippen LogP contribution in [-0.2, 0) is 6.42 Å². The average molecular weight is 150 g/mol. The van der Waals surface area contributed by atoms with Gasteiger partial charge in [-0.3, -0.25) is 0 Å². The van der Waals surface area contributed by atoms with Gasteiger partial charge in [-0.25, -0.2) is 0 Å². The standard InChI is InChI=1S/C9H10O2/c1-2-3-7-4-5-8(10)6-9(7)11/h2,4-6,10-11H,1,3H2. The van der Waals surface area contributed by atoms with Crippen LogP contribution in [0.25, 0.3) is 0 Å². The van der Waals surface area contributed by atoms with Crippen molar-refractivity contribution >= 4 is 0 Å². The van der Waals surface area contributed by atoms with Crippen LogP contribution in [0.15, 0.2) is 30.9 Å². The molecular weight excluding hydrogens is 140 g/mol. The summed E-state index contributed by atoms with van der Waals surface area (Å²) in [7, 11) is 0. The molecular formula is C9H10O2. The lowest BCUT2D eigenvalue weighted by Crippen LogP contribution is -1.80. The van der Waals surface area contributed by atoms with Gasteiger partial charge in [0.2, 0.25) is 0 Å². The van der Waals surface area contributed by atoms with Crippen molar-refractivity contribution in [3.63, 3.8) is 0 Å². The molecule has 0 bridgehead atoms. The van der Waals surface area contributed by atoms with E-state index in [1.54, 1.807) is 18.2 Å². The van der Waals surface area contributed by atoms with Crippen LogP contribution in [0.3, 0.4) is 0 Å². The SMILES string of the molecule is C=CCc1ccc(O)cc1O. The highest BCUT2D eigenvalue weighted by Crippen LogP contribution is 2.22. The van der Waals surface area contributed by atoms with E-state index in [1.165, 1.54) is 6.07 Å². The number of benzene rings is 1. The van der Waals surface area contributed by atoms with Crippen molar-refractivity contribution in [1.82, 2.24) is 0 Å². The van der Waals surface area contributed by atoms with Crippen LogP contribution >= 0.6 is 0 Å². The van der Waals surface area contributed by atoms with Gasteiger partial charge in [-0.2, -0.15) is 0 Å². The fourth-order valence-corrected chi connectivity index (χ4v) is 0.880. The van der Waals surface area contributed by atoms with E-state index in [0.29, 0.717) is 6.42 Å². The summed E-state index contributed by atoms with van der Waals surface area (Å²) in [4.78, 5) is 0. The Morgan fingerprint density at radius 1 is 1.36 bits per heavy atom. The summed E-state index contributed by atoms with van der Waals surface area (Å²) < 4.78 is 0. The number of phenols is 2. The molecule has 0 unspecified atom stereocenters. The lowest BCUT2D eigenvalue weighted by Gasteiger charge is -2.00. The Morgan fingerprint density at radius 2 is 2.09 bits per heavy atom. The smallest absolute Gasteiger partial charge is 0.122 e. The molecule has 0 heterocycles. The van der Waals surface area contributed by atoms with E-state index in [-0.39, 0.29) is 11.5 Å². The Balaban J connectivity index is 2.98. The van der Waals surface area contributed by atoms with Crippen LogP contribution < -0.4 is 0 Å². The number of aromatic hydroxyl groups is 2. The van der Waals surface area contributed by atoms with Crippen LogP contribution in [0.1, 0.15) is 5.56 Å². The summed E-state index contributed by atoms with van der Waals surface area (Å²) in [6.45, 7) is 3.55. The quantitative estimate of drug-likeness (QED) is 0.631. The highest BCUT2D eigenvalue weighted by Gasteiger charge is 1.98. The van der Waals surface area contributed by atoms with Crippen molar-refractivity contribution in [2.75, 3.05) is 0 Å². The van der Waals surface area contributed by atoms with Gasteiger partial charge in [-0.15, -0.1) is 6.58 Å². The van der Waals surface area contributed by atoms with Crippen molar-refractivity contribution in [1.29, 1.82) is 0 Å². The lowest BCUT2D eigenvalue weighted by atomic mass is 10.1. The molecule has 0 amide bonds. The van der Waals surface area contributed by atoms with Crippen LogP contribution in [-0.4, -0.2) is 10.2 Å². The molecule has 0 saturated heterocycles. The first-order valence-corrected chi connectivity index (χ1v) is 3.36. The molecule has 0 aliphatic rings. The molecule has 2 heteroatoms. The predicted octanol–water partition coefficient (Wildman–Crippen LogP) is 1.83. The van der Waals surface area contributed by atoms with Crippen LogP contribution in [0.2, 0.25) is 0 Å². The number of rotatable bonds is 2. The zero-order chi connectivity index (χ0) is 8.27. The fraction of sp³-hybridized carbons (Fsp3) is 0.111. The molecule has 2 N–H and O–H groups in total. The van der Waals surface area contributed by atoms with E-state index >= 15 is 0 Å². The second-order valence-electron chi connectivity index (χ2n) is 2.31. The normalized spacial score (nSPS) is 9.45. The molecule has 1 rings (SSSR count). The van der Waals surface area contributed by atoms with E-state index in [0.717, 1.165) is 5.56 Å². The van der Waals surface area contributed by atoms with Gasteiger partial charge in [0.15, 0.2) is 0 Å². The maximum absolute atomic E-state index is 9.21. The molecule has 1 aromatic rings. The van der Waals surface area contributed by atoms with Crippen molar-refractivity contribution in [3.8, 4) is 11.5 Å². The van der Waals surface area contributed by atoms with E-state index in [2.05, 4.69) is 6.58 Å². The molecule has 0 fully saturated rings. The summed E-state index contributed by atoms with van der Waals surface area (Å²) >= 11 is 0. The van der Waals surface area contributed by atoms with Crippen LogP contribution in [0.4, 0.5) is 0 Å². The van der Waals surface area contributed by atoms with Gasteiger partial charge >= 0.3 is 0 Å². The van der Waals surface area contributed by atoms with Gasteiger partial charge in [0, 0.05) is 6.07 Å². The summed E-state index contributed by atoms with van der Waals surface area (Å²) in [5, 5.41) is 18.1. The molecule has 0 spiro atoms. The molecule has 0 radical (unpaired) electrons. The lowest BCUT2D eigenvalue weighted by molar-refractivity contribution is 0.447. The molecule has 0 saturated carbocycles. The fourth-order valence-electron chi connectivity index (χ4n) is 0.880. The third kappa shape index (κ3) is 1.74. The molecule has 0 aliphatic heterocycles. The Bertz CT molecular complexity index is 266. The first-order valence-electron chi connectivity index (χ1n) is 3.36. The highest BCUT2D eigenvalue weighted by molar-refractivity contribution is 5.39. The van der Waals surface area contributed by atoms with E-state index in [1.807, 2.05) is 0 Å². The topological polar surface area (TPSA) is 40.5 Å². The number of hydrogen-bond acceptors (Lipinski definition) is 2. The Morgan fingerprint density at radius 3 is 2.64 bits per heavy atom. The average Bonchev–Trinajstić information content (AvgIpc) is 1.95. The van der Waals surface area contributed by atoms with Gasteiger partial charge in [-0.05, 0) is 18.1 Å². The minimum atomic E-state index is 0.0790. The molecule has 2 nitrogen and oxygen atoms in total. The van der Waals surface area contributed by atoms with E-state index in [4.69, 9.17) is 5.11 Å². The summed E-state index contributed by atoms with van der Waals surface area (Å²) in [6.07, 6.45) is 2.32. The molecule has 1 aromatic carbocycles. The molecule has 0 atom stereocenters. The second-order valence-corrected chi connectivity index (χ2v) is 2.31. The van der Waals surface area contributed by atoms with Gasteiger partial charge in [0.25, 0.3) is 0 Å². The first-order chi connectivity index (χ1) is 5.24. The van der Waals surface area contributed by atoms with Crippen molar-refractivity contribution in [2.24, 2.45) is 0 Å². The van der Waals surface area contributed by atoms with Gasteiger partial charge in [0.1, 0.15) is 11.5 Å². The number of phenolic OH excluding ortho intramolecular Hbond substituents is 2. The van der Waals surface area contributed by atoms with Gasteiger partial charge in [0.05, 0.1) is 0 Å². The number of hydrogen-bond donors (Lipinski definition) is 2.